The van der Waals surface area contributed by atoms with Gasteiger partial charge in [0, 0.05) is 37.3 Å². The van der Waals surface area contributed by atoms with Gasteiger partial charge in [-0.1, -0.05) is 34.5 Å². The standard InChI is InChI=1S/C24H17Cl2N5O8/c1-14(32)39-22-9-3-15(11-23(22)38-2)4-10-24(33)29(21-8-6-17(31(36)37)13-19(21)26)28-27-20-7-5-16(30(34)35)12-18(20)25/h3-13H,1-2H3/b10-4+,28-27?. The van der Waals surface area contributed by atoms with Crippen molar-refractivity contribution in [3.8, 4) is 11.5 Å². The molecule has 15 heteroatoms. The van der Waals surface area contributed by atoms with Gasteiger partial charge in [-0.15, -0.1) is 5.11 Å². The average Bonchev–Trinajstić information content (AvgIpc) is 2.89. The van der Waals surface area contributed by atoms with Gasteiger partial charge in [0.15, 0.2) is 11.5 Å². The van der Waals surface area contributed by atoms with Crippen LogP contribution in [0.15, 0.2) is 71.0 Å². The van der Waals surface area contributed by atoms with Crippen LogP contribution in [-0.4, -0.2) is 28.8 Å². The first kappa shape index (κ1) is 28.7. The SMILES string of the molecule is COc1cc(/C=C/C(=O)N(N=Nc2ccc([N+](=O)[O-])cc2Cl)c2ccc([N+](=O)[O-])cc2Cl)ccc1OC(C)=O. The number of ether oxygens (including phenoxy) is 2. The fraction of sp³-hybridized carbons (Fsp3) is 0.0833. The van der Waals surface area contributed by atoms with Gasteiger partial charge >= 0.3 is 5.97 Å². The van der Waals surface area contributed by atoms with Crippen LogP contribution in [0.5, 0.6) is 11.5 Å². The molecule has 0 aromatic heterocycles. The van der Waals surface area contributed by atoms with Crippen LogP contribution in [0.2, 0.25) is 10.0 Å². The Kier molecular flexibility index (Phi) is 9.25. The first-order valence-electron chi connectivity index (χ1n) is 10.7. The molecule has 3 aromatic rings. The Morgan fingerprint density at radius 2 is 1.56 bits per heavy atom. The van der Waals surface area contributed by atoms with E-state index >= 15 is 0 Å². The molecule has 0 spiro atoms. The van der Waals surface area contributed by atoms with Crippen molar-refractivity contribution in [3.63, 3.8) is 0 Å². The minimum absolute atomic E-state index is 0.00729. The van der Waals surface area contributed by atoms with Crippen LogP contribution in [-0.2, 0) is 9.59 Å². The lowest BCUT2D eigenvalue weighted by atomic mass is 10.2. The maximum absolute atomic E-state index is 13.2. The molecule has 0 bridgehead atoms. The summed E-state index contributed by atoms with van der Waals surface area (Å²) in [5, 5.41) is 30.3. The molecule has 13 nitrogen and oxygen atoms in total. The van der Waals surface area contributed by atoms with Crippen molar-refractivity contribution in [2.75, 3.05) is 12.1 Å². The number of carbonyl (C=O) groups excluding carboxylic acids is 2. The third kappa shape index (κ3) is 7.34. The summed E-state index contributed by atoms with van der Waals surface area (Å²) >= 11 is 12.3. The van der Waals surface area contributed by atoms with E-state index in [1.165, 1.54) is 44.4 Å². The zero-order chi connectivity index (χ0) is 28.7. The third-order valence-electron chi connectivity index (χ3n) is 4.82. The van der Waals surface area contributed by atoms with Gasteiger partial charge in [-0.3, -0.25) is 29.8 Å². The zero-order valence-electron chi connectivity index (χ0n) is 20.1. The number of nitrogens with zero attached hydrogens (tertiary/aromatic N) is 5. The Labute approximate surface area is 230 Å². The number of amides is 1. The number of nitro groups is 2. The highest BCUT2D eigenvalue weighted by atomic mass is 35.5. The fourth-order valence-corrected chi connectivity index (χ4v) is 3.51. The molecule has 0 N–H and O–H groups in total. The predicted molar refractivity (Wildman–Crippen MR) is 142 cm³/mol. The number of non-ortho nitro benzene ring substituents is 2. The highest BCUT2D eigenvalue weighted by molar-refractivity contribution is 6.34. The molecule has 0 atom stereocenters. The Balaban J connectivity index is 1.98. The molecule has 3 rings (SSSR count). The third-order valence-corrected chi connectivity index (χ3v) is 5.43. The summed E-state index contributed by atoms with van der Waals surface area (Å²) in [6.07, 6.45) is 2.53. The Hall–Kier alpha value is -4.88. The van der Waals surface area contributed by atoms with E-state index in [9.17, 15) is 29.8 Å². The first-order chi connectivity index (χ1) is 18.5. The molecule has 0 aliphatic rings. The summed E-state index contributed by atoms with van der Waals surface area (Å²) in [5.41, 5.74) is -0.138. The monoisotopic (exact) mass is 573 g/mol. The first-order valence-corrected chi connectivity index (χ1v) is 11.4. The average molecular weight is 574 g/mol. The summed E-state index contributed by atoms with van der Waals surface area (Å²) in [7, 11) is 1.38. The van der Waals surface area contributed by atoms with Crippen LogP contribution in [0.1, 0.15) is 12.5 Å². The van der Waals surface area contributed by atoms with E-state index in [-0.39, 0.29) is 44.3 Å². The fourth-order valence-electron chi connectivity index (χ4n) is 3.04. The summed E-state index contributed by atoms with van der Waals surface area (Å²) in [4.78, 5) is 45.2. The number of hydrogen-bond acceptors (Lipinski definition) is 10. The Morgan fingerprint density at radius 1 is 0.923 bits per heavy atom. The van der Waals surface area contributed by atoms with Crippen LogP contribution in [0.25, 0.3) is 6.08 Å². The van der Waals surface area contributed by atoms with Crippen molar-refractivity contribution in [2.24, 2.45) is 10.3 Å². The molecule has 0 saturated heterocycles. The van der Waals surface area contributed by atoms with E-state index in [1.807, 2.05) is 0 Å². The van der Waals surface area contributed by atoms with Gasteiger partial charge < -0.3 is 9.47 Å². The van der Waals surface area contributed by atoms with Crippen LogP contribution in [0.4, 0.5) is 22.7 Å². The number of methoxy groups -OCH3 is 1. The van der Waals surface area contributed by atoms with Gasteiger partial charge in [-0.05, 0) is 35.9 Å². The normalized spacial score (nSPS) is 11.0. The topological polar surface area (TPSA) is 167 Å². The van der Waals surface area contributed by atoms with Gasteiger partial charge in [-0.25, -0.2) is 0 Å². The number of hydrogen-bond donors (Lipinski definition) is 0. The number of rotatable bonds is 9. The minimum Gasteiger partial charge on any atom is -0.493 e. The molecule has 0 radical (unpaired) electrons. The van der Waals surface area contributed by atoms with E-state index < -0.39 is 21.7 Å². The zero-order valence-corrected chi connectivity index (χ0v) is 21.6. The molecular formula is C24H17Cl2N5O8. The number of anilines is 1. The van der Waals surface area contributed by atoms with Crippen molar-refractivity contribution in [3.05, 3.63) is 96.5 Å². The van der Waals surface area contributed by atoms with E-state index in [4.69, 9.17) is 32.7 Å². The maximum atomic E-state index is 13.2. The Morgan fingerprint density at radius 3 is 2.13 bits per heavy atom. The molecule has 0 aliphatic heterocycles. The van der Waals surface area contributed by atoms with Gasteiger partial charge in [-0.2, -0.15) is 5.01 Å². The maximum Gasteiger partial charge on any atom is 0.308 e. The second-order valence-electron chi connectivity index (χ2n) is 7.46. The molecule has 200 valence electrons. The molecule has 0 heterocycles. The number of carbonyl (C=O) groups is 2. The van der Waals surface area contributed by atoms with Crippen molar-refractivity contribution >= 4 is 63.9 Å². The summed E-state index contributed by atoms with van der Waals surface area (Å²) in [6.45, 7) is 1.24. The van der Waals surface area contributed by atoms with Gasteiger partial charge in [0.25, 0.3) is 17.3 Å². The van der Waals surface area contributed by atoms with Gasteiger partial charge in [0.2, 0.25) is 0 Å². The van der Waals surface area contributed by atoms with Crippen LogP contribution in [0.3, 0.4) is 0 Å². The number of esters is 1. The summed E-state index contributed by atoms with van der Waals surface area (Å²) in [5.74, 6) is -0.888. The minimum atomic E-state index is -0.768. The number of nitro benzene ring substituents is 2. The second-order valence-corrected chi connectivity index (χ2v) is 8.28. The molecule has 0 aliphatic carbocycles. The molecule has 0 unspecified atom stereocenters. The quantitative estimate of drug-likeness (QED) is 0.0698. The van der Waals surface area contributed by atoms with Crippen molar-refractivity contribution in [1.82, 2.24) is 0 Å². The van der Waals surface area contributed by atoms with E-state index in [1.54, 1.807) is 6.07 Å². The predicted octanol–water partition coefficient (Wildman–Crippen LogP) is 6.49. The lowest BCUT2D eigenvalue weighted by Crippen LogP contribution is -2.23. The van der Waals surface area contributed by atoms with Gasteiger partial charge in [0.05, 0.1) is 32.7 Å². The lowest BCUT2D eigenvalue weighted by Gasteiger charge is -2.15. The van der Waals surface area contributed by atoms with Crippen LogP contribution in [0, 0.1) is 20.2 Å². The summed E-state index contributed by atoms with van der Waals surface area (Å²) < 4.78 is 10.3. The number of benzene rings is 3. The molecular weight excluding hydrogens is 557 g/mol. The van der Waals surface area contributed by atoms with Gasteiger partial charge in [0.1, 0.15) is 5.69 Å². The van der Waals surface area contributed by atoms with E-state index in [0.29, 0.717) is 5.56 Å². The molecule has 3 aromatic carbocycles. The van der Waals surface area contributed by atoms with E-state index in [0.717, 1.165) is 35.4 Å². The molecule has 0 saturated carbocycles. The molecule has 39 heavy (non-hydrogen) atoms. The smallest absolute Gasteiger partial charge is 0.308 e. The molecule has 0 fully saturated rings. The second kappa shape index (κ2) is 12.6. The van der Waals surface area contributed by atoms with Crippen molar-refractivity contribution < 1.29 is 28.9 Å². The highest BCUT2D eigenvalue weighted by Gasteiger charge is 2.20. The van der Waals surface area contributed by atoms with Crippen LogP contribution < -0.4 is 14.5 Å². The summed E-state index contributed by atoms with van der Waals surface area (Å²) in [6, 6.07) is 11.4. The van der Waals surface area contributed by atoms with Crippen molar-refractivity contribution in [2.45, 2.75) is 6.92 Å². The Bertz CT molecular complexity index is 1530. The largest absolute Gasteiger partial charge is 0.493 e. The van der Waals surface area contributed by atoms with Crippen LogP contribution >= 0.6 is 23.2 Å². The lowest BCUT2D eigenvalue weighted by molar-refractivity contribution is -0.385. The molecule has 1 amide bonds. The number of halogens is 2. The van der Waals surface area contributed by atoms with Crippen molar-refractivity contribution in [1.29, 1.82) is 0 Å². The van der Waals surface area contributed by atoms with E-state index in [2.05, 4.69) is 10.3 Å². The highest BCUT2D eigenvalue weighted by Crippen LogP contribution is 2.33.